The molecule has 2 amide bonds. The first kappa shape index (κ1) is 26.2. The van der Waals surface area contributed by atoms with Crippen molar-refractivity contribution in [1.29, 1.82) is 0 Å². The minimum atomic E-state index is -0.698. The summed E-state index contributed by atoms with van der Waals surface area (Å²) in [5.41, 5.74) is 4.33. The summed E-state index contributed by atoms with van der Waals surface area (Å²) < 4.78 is 0. The lowest BCUT2D eigenvalue weighted by molar-refractivity contribution is -0.118. The molecule has 3 aromatic rings. The van der Waals surface area contributed by atoms with Crippen molar-refractivity contribution in [3.8, 4) is 22.6 Å². The number of anilines is 1. The molecule has 1 fully saturated rings. The molecule has 0 heterocycles. The Morgan fingerprint density at radius 2 is 1.62 bits per heavy atom. The van der Waals surface area contributed by atoms with E-state index >= 15 is 0 Å². The summed E-state index contributed by atoms with van der Waals surface area (Å²) in [4.78, 5) is 30.1. The Balaban J connectivity index is 1.51. The first-order valence-electron chi connectivity index (χ1n) is 12.6. The number of carbonyl (C=O) groups excluding carboxylic acids is 2. The van der Waals surface area contributed by atoms with Crippen LogP contribution in [-0.2, 0) is 10.2 Å². The highest BCUT2D eigenvalue weighted by Crippen LogP contribution is 2.50. The summed E-state index contributed by atoms with van der Waals surface area (Å²) in [6, 6.07) is 18.0. The Morgan fingerprint density at radius 3 is 2.22 bits per heavy atom. The van der Waals surface area contributed by atoms with Crippen molar-refractivity contribution < 1.29 is 19.8 Å². The Kier molecular flexibility index (Phi) is 7.55. The minimum absolute atomic E-state index is 0.0173. The standard InChI is InChI=1S/C30H35N3O4/c1-5-33(17-16-32(3)4)28(36)22-9-7-21(8-10-22)25-19-24(12-6-20(25)2)31-29(37)30(14-15-30)23-11-13-26(34)27(35)18-23/h6-13,18-19,34-35H,5,14-17H2,1-4H3,(H,31,37). The molecule has 0 aliphatic heterocycles. The highest BCUT2D eigenvalue weighted by molar-refractivity contribution is 6.02. The van der Waals surface area contributed by atoms with Gasteiger partial charge in [-0.05, 0) is 99.4 Å². The van der Waals surface area contributed by atoms with Gasteiger partial charge in [0.2, 0.25) is 5.91 Å². The molecule has 0 spiro atoms. The number of phenols is 2. The third kappa shape index (κ3) is 5.62. The molecule has 7 heteroatoms. The van der Waals surface area contributed by atoms with Crippen molar-refractivity contribution in [2.75, 3.05) is 39.0 Å². The quantitative estimate of drug-likeness (QED) is 0.368. The van der Waals surface area contributed by atoms with E-state index in [2.05, 4.69) is 10.2 Å². The van der Waals surface area contributed by atoms with Gasteiger partial charge in [-0.2, -0.15) is 0 Å². The minimum Gasteiger partial charge on any atom is -0.504 e. The average Bonchev–Trinajstić information content (AvgIpc) is 3.69. The Labute approximate surface area is 218 Å². The molecule has 4 rings (SSSR count). The van der Waals surface area contributed by atoms with E-state index in [-0.39, 0.29) is 23.3 Å². The number of rotatable bonds is 9. The second-order valence-corrected chi connectivity index (χ2v) is 10.0. The van der Waals surface area contributed by atoms with E-state index in [9.17, 15) is 19.8 Å². The van der Waals surface area contributed by atoms with Gasteiger partial charge < -0.3 is 25.3 Å². The van der Waals surface area contributed by atoms with Crippen LogP contribution < -0.4 is 5.32 Å². The predicted octanol–water partition coefficient (Wildman–Crippen LogP) is 4.77. The fourth-order valence-electron chi connectivity index (χ4n) is 4.55. The van der Waals surface area contributed by atoms with Crippen molar-refractivity contribution in [2.24, 2.45) is 0 Å². The molecule has 0 atom stereocenters. The number of hydrogen-bond acceptors (Lipinski definition) is 5. The van der Waals surface area contributed by atoms with Crippen LogP contribution in [-0.4, -0.2) is 65.6 Å². The van der Waals surface area contributed by atoms with Crippen molar-refractivity contribution in [1.82, 2.24) is 9.80 Å². The van der Waals surface area contributed by atoms with Gasteiger partial charge in [0.15, 0.2) is 11.5 Å². The number of likely N-dealkylation sites (N-methyl/N-ethyl adjacent to an activating group) is 2. The Morgan fingerprint density at radius 1 is 0.919 bits per heavy atom. The molecule has 194 valence electrons. The van der Waals surface area contributed by atoms with Crippen LogP contribution in [0.5, 0.6) is 11.5 Å². The van der Waals surface area contributed by atoms with E-state index in [1.54, 1.807) is 6.07 Å². The maximum Gasteiger partial charge on any atom is 0.253 e. The smallest absolute Gasteiger partial charge is 0.253 e. The number of carbonyl (C=O) groups is 2. The lowest BCUT2D eigenvalue weighted by atomic mass is 9.94. The van der Waals surface area contributed by atoms with Gasteiger partial charge in [-0.3, -0.25) is 9.59 Å². The van der Waals surface area contributed by atoms with Gasteiger partial charge in [-0.1, -0.05) is 24.3 Å². The fraction of sp³-hybridized carbons (Fsp3) is 0.333. The normalized spacial score (nSPS) is 13.9. The zero-order valence-electron chi connectivity index (χ0n) is 21.9. The number of benzene rings is 3. The van der Waals surface area contributed by atoms with Crippen LogP contribution in [0.2, 0.25) is 0 Å². The van der Waals surface area contributed by atoms with Gasteiger partial charge >= 0.3 is 0 Å². The molecule has 37 heavy (non-hydrogen) atoms. The predicted molar refractivity (Wildman–Crippen MR) is 146 cm³/mol. The molecule has 0 unspecified atom stereocenters. The molecule has 1 saturated carbocycles. The SMILES string of the molecule is CCN(CCN(C)C)C(=O)c1ccc(-c2cc(NC(=O)C3(c4ccc(O)c(O)c4)CC3)ccc2C)cc1. The van der Waals surface area contributed by atoms with Crippen molar-refractivity contribution in [2.45, 2.75) is 32.1 Å². The molecular weight excluding hydrogens is 466 g/mol. The van der Waals surface area contributed by atoms with Gasteiger partial charge in [0.25, 0.3) is 5.91 Å². The number of nitrogens with one attached hydrogen (secondary N) is 1. The molecule has 1 aliphatic carbocycles. The van der Waals surface area contributed by atoms with Gasteiger partial charge in [-0.25, -0.2) is 0 Å². The molecule has 0 bridgehead atoms. The number of amides is 2. The van der Waals surface area contributed by atoms with E-state index < -0.39 is 5.41 Å². The van der Waals surface area contributed by atoms with E-state index in [4.69, 9.17) is 0 Å². The average molecular weight is 502 g/mol. The van der Waals surface area contributed by atoms with Gasteiger partial charge in [-0.15, -0.1) is 0 Å². The van der Waals surface area contributed by atoms with Crippen molar-refractivity contribution in [3.63, 3.8) is 0 Å². The summed E-state index contributed by atoms with van der Waals surface area (Å²) in [6.07, 6.45) is 1.36. The lowest BCUT2D eigenvalue weighted by Gasteiger charge is -2.23. The first-order valence-corrected chi connectivity index (χ1v) is 12.6. The molecule has 0 saturated heterocycles. The van der Waals surface area contributed by atoms with Crippen LogP contribution in [0.4, 0.5) is 5.69 Å². The molecular formula is C30H35N3O4. The Hall–Kier alpha value is -3.84. The zero-order valence-corrected chi connectivity index (χ0v) is 21.9. The highest BCUT2D eigenvalue weighted by Gasteiger charge is 2.51. The van der Waals surface area contributed by atoms with Crippen LogP contribution >= 0.6 is 0 Å². The van der Waals surface area contributed by atoms with Gasteiger partial charge in [0.05, 0.1) is 5.41 Å². The van der Waals surface area contributed by atoms with Gasteiger partial charge in [0, 0.05) is 30.9 Å². The monoisotopic (exact) mass is 501 g/mol. The number of nitrogens with zero attached hydrogens (tertiary/aromatic N) is 2. The summed E-state index contributed by atoms with van der Waals surface area (Å²) in [5, 5.41) is 22.6. The summed E-state index contributed by atoms with van der Waals surface area (Å²) in [7, 11) is 3.99. The molecule has 1 aliphatic rings. The van der Waals surface area contributed by atoms with E-state index in [0.717, 1.165) is 23.2 Å². The van der Waals surface area contributed by atoms with Crippen LogP contribution in [0.25, 0.3) is 11.1 Å². The lowest BCUT2D eigenvalue weighted by Crippen LogP contribution is -2.36. The van der Waals surface area contributed by atoms with E-state index in [1.165, 1.54) is 12.1 Å². The largest absolute Gasteiger partial charge is 0.504 e. The van der Waals surface area contributed by atoms with Crippen molar-refractivity contribution in [3.05, 3.63) is 77.4 Å². The van der Waals surface area contributed by atoms with Gasteiger partial charge in [0.1, 0.15) is 0 Å². The summed E-state index contributed by atoms with van der Waals surface area (Å²) in [5.74, 6) is -0.544. The number of aryl methyl sites for hydroxylation is 1. The Bertz CT molecular complexity index is 1300. The topological polar surface area (TPSA) is 93.1 Å². The maximum atomic E-state index is 13.2. The van der Waals surface area contributed by atoms with Crippen LogP contribution in [0, 0.1) is 6.92 Å². The zero-order chi connectivity index (χ0) is 26.7. The van der Waals surface area contributed by atoms with Crippen LogP contribution in [0.3, 0.4) is 0 Å². The first-order chi connectivity index (χ1) is 17.6. The van der Waals surface area contributed by atoms with Crippen molar-refractivity contribution >= 4 is 17.5 Å². The third-order valence-electron chi connectivity index (χ3n) is 7.14. The second-order valence-electron chi connectivity index (χ2n) is 10.0. The van der Waals surface area contributed by atoms with E-state index in [1.807, 2.05) is 75.3 Å². The molecule has 0 aromatic heterocycles. The molecule has 7 nitrogen and oxygen atoms in total. The summed E-state index contributed by atoms with van der Waals surface area (Å²) in [6.45, 7) is 6.14. The number of aromatic hydroxyl groups is 2. The molecule has 3 N–H and O–H groups in total. The number of phenolic OH excluding ortho intramolecular Hbond substituents is 2. The highest BCUT2D eigenvalue weighted by atomic mass is 16.3. The third-order valence-corrected chi connectivity index (χ3v) is 7.14. The maximum absolute atomic E-state index is 13.2. The molecule has 3 aromatic carbocycles. The molecule has 0 radical (unpaired) electrons. The number of hydrogen-bond donors (Lipinski definition) is 3. The summed E-state index contributed by atoms with van der Waals surface area (Å²) >= 11 is 0. The van der Waals surface area contributed by atoms with E-state index in [0.29, 0.717) is 42.7 Å². The second kappa shape index (κ2) is 10.6. The van der Waals surface area contributed by atoms with Crippen LogP contribution in [0.1, 0.15) is 41.3 Å². The fourth-order valence-corrected chi connectivity index (χ4v) is 4.55. The van der Waals surface area contributed by atoms with Crippen LogP contribution in [0.15, 0.2) is 60.7 Å².